The molecule has 0 fully saturated rings. The lowest BCUT2D eigenvalue weighted by atomic mass is 10.1. The fourth-order valence-electron chi connectivity index (χ4n) is 4.27. The van der Waals surface area contributed by atoms with E-state index in [1.165, 1.54) is 4.31 Å². The Morgan fingerprint density at radius 1 is 0.968 bits per heavy atom. The number of benzene rings is 3. The molecular formula is C25H26N2O3S. The van der Waals surface area contributed by atoms with Gasteiger partial charge in [-0.05, 0) is 74.2 Å². The molecule has 0 aromatic heterocycles. The average Bonchev–Trinajstić information content (AvgIpc) is 3.07. The molecule has 0 N–H and O–H groups in total. The third-order valence-electron chi connectivity index (χ3n) is 5.58. The minimum Gasteiger partial charge on any atom is -0.307 e. The van der Waals surface area contributed by atoms with Crippen LogP contribution in [0.25, 0.3) is 0 Å². The lowest BCUT2D eigenvalue weighted by molar-refractivity contribution is -0.117. The Morgan fingerprint density at radius 3 is 2.26 bits per heavy atom. The van der Waals surface area contributed by atoms with Crippen LogP contribution in [-0.2, 0) is 21.2 Å². The van der Waals surface area contributed by atoms with Crippen molar-refractivity contribution in [3.63, 3.8) is 0 Å². The number of carbonyl (C=O) groups is 1. The second kappa shape index (κ2) is 8.19. The molecule has 1 atom stereocenters. The molecule has 0 saturated carbocycles. The maximum Gasteiger partial charge on any atom is 0.264 e. The van der Waals surface area contributed by atoms with Crippen LogP contribution >= 0.6 is 0 Å². The molecule has 0 radical (unpaired) electrons. The minimum absolute atomic E-state index is 0.0228. The molecule has 6 heteroatoms. The monoisotopic (exact) mass is 434 g/mol. The van der Waals surface area contributed by atoms with Crippen LogP contribution in [0, 0.1) is 13.8 Å². The van der Waals surface area contributed by atoms with Gasteiger partial charge < -0.3 is 4.90 Å². The van der Waals surface area contributed by atoms with Gasteiger partial charge in [0.1, 0.15) is 6.54 Å². The summed E-state index contributed by atoms with van der Waals surface area (Å²) in [4.78, 5) is 15.4. The molecule has 31 heavy (non-hydrogen) atoms. The molecule has 3 aromatic carbocycles. The van der Waals surface area contributed by atoms with E-state index in [-0.39, 0.29) is 23.4 Å². The van der Waals surface area contributed by atoms with Crippen LogP contribution in [0.2, 0.25) is 0 Å². The standard InChI is InChI=1S/C25H26N2O3S/c1-18-13-19(2)15-22(14-18)26(31(29,30)23-10-5-4-6-11-23)17-25(28)27-20(3)16-21-9-7-8-12-24(21)27/h4-15,20H,16-17H2,1-3H3/t20-/m0/s1. The molecule has 0 aliphatic carbocycles. The van der Waals surface area contributed by atoms with Gasteiger partial charge in [0, 0.05) is 11.7 Å². The summed E-state index contributed by atoms with van der Waals surface area (Å²) in [6, 6.07) is 21.6. The van der Waals surface area contributed by atoms with E-state index in [4.69, 9.17) is 0 Å². The SMILES string of the molecule is Cc1cc(C)cc(N(CC(=O)N2c3ccccc3C[C@@H]2C)S(=O)(=O)c2ccccc2)c1. The average molecular weight is 435 g/mol. The van der Waals surface area contributed by atoms with Crippen LogP contribution in [0.1, 0.15) is 23.6 Å². The van der Waals surface area contributed by atoms with E-state index >= 15 is 0 Å². The Labute approximate surface area is 184 Å². The third kappa shape index (κ3) is 4.08. The van der Waals surface area contributed by atoms with Crippen molar-refractivity contribution in [3.05, 3.63) is 89.5 Å². The molecule has 0 unspecified atom stereocenters. The summed E-state index contributed by atoms with van der Waals surface area (Å²) in [5, 5.41) is 0. The molecule has 1 aliphatic rings. The molecule has 160 valence electrons. The number of anilines is 2. The Bertz CT molecular complexity index is 1200. The molecule has 0 saturated heterocycles. The number of fused-ring (bicyclic) bond motifs is 1. The predicted molar refractivity (Wildman–Crippen MR) is 124 cm³/mol. The molecule has 5 nitrogen and oxygen atoms in total. The van der Waals surface area contributed by atoms with Crippen LogP contribution < -0.4 is 9.21 Å². The molecule has 4 rings (SSSR count). The van der Waals surface area contributed by atoms with Gasteiger partial charge in [0.2, 0.25) is 5.91 Å². The highest BCUT2D eigenvalue weighted by molar-refractivity contribution is 7.92. The number of amides is 1. The van der Waals surface area contributed by atoms with E-state index in [2.05, 4.69) is 0 Å². The lowest BCUT2D eigenvalue weighted by Gasteiger charge is -2.29. The topological polar surface area (TPSA) is 57.7 Å². The summed E-state index contributed by atoms with van der Waals surface area (Å²) in [6.45, 7) is 5.57. The fraction of sp³-hybridized carbons (Fsp3) is 0.240. The van der Waals surface area contributed by atoms with Gasteiger partial charge in [0.05, 0.1) is 10.6 Å². The van der Waals surface area contributed by atoms with Gasteiger partial charge in [-0.3, -0.25) is 9.10 Å². The Morgan fingerprint density at radius 2 is 1.58 bits per heavy atom. The van der Waals surface area contributed by atoms with Gasteiger partial charge in [0.15, 0.2) is 0 Å². The van der Waals surface area contributed by atoms with Crippen molar-refractivity contribution in [2.75, 3.05) is 15.7 Å². The molecule has 1 aliphatic heterocycles. The smallest absolute Gasteiger partial charge is 0.264 e. The van der Waals surface area contributed by atoms with Crippen molar-refractivity contribution >= 4 is 27.3 Å². The Hall–Kier alpha value is -3.12. The summed E-state index contributed by atoms with van der Waals surface area (Å²) >= 11 is 0. The van der Waals surface area contributed by atoms with Crippen LogP contribution in [-0.4, -0.2) is 26.9 Å². The third-order valence-corrected chi connectivity index (χ3v) is 7.37. The first-order chi connectivity index (χ1) is 14.8. The first-order valence-electron chi connectivity index (χ1n) is 10.3. The maximum atomic E-state index is 13.6. The first kappa shape index (κ1) is 21.1. The second-order valence-electron chi connectivity index (χ2n) is 8.12. The Kier molecular flexibility index (Phi) is 5.58. The fourth-order valence-corrected chi connectivity index (χ4v) is 5.69. The van der Waals surface area contributed by atoms with Crippen molar-refractivity contribution < 1.29 is 13.2 Å². The summed E-state index contributed by atoms with van der Waals surface area (Å²) in [5.74, 6) is -0.240. The van der Waals surface area contributed by atoms with E-state index in [0.29, 0.717) is 5.69 Å². The zero-order valence-corrected chi connectivity index (χ0v) is 18.8. The predicted octanol–water partition coefficient (Wildman–Crippen LogP) is 4.48. The Balaban J connectivity index is 1.76. The van der Waals surface area contributed by atoms with Crippen LogP contribution in [0.15, 0.2) is 77.7 Å². The number of rotatable bonds is 5. The first-order valence-corrected chi connectivity index (χ1v) is 11.8. The van der Waals surface area contributed by atoms with Gasteiger partial charge in [-0.2, -0.15) is 0 Å². The van der Waals surface area contributed by atoms with Gasteiger partial charge in [-0.15, -0.1) is 0 Å². The number of sulfonamides is 1. The quantitative estimate of drug-likeness (QED) is 0.595. The highest BCUT2D eigenvalue weighted by atomic mass is 32.2. The summed E-state index contributed by atoms with van der Waals surface area (Å²) in [7, 11) is -3.92. The van der Waals surface area contributed by atoms with E-state index in [9.17, 15) is 13.2 Å². The zero-order chi connectivity index (χ0) is 22.2. The van der Waals surface area contributed by atoms with Crippen molar-refractivity contribution in [1.29, 1.82) is 0 Å². The van der Waals surface area contributed by atoms with Crippen molar-refractivity contribution in [2.45, 2.75) is 38.1 Å². The molecular weight excluding hydrogens is 408 g/mol. The number of nitrogens with zero attached hydrogens (tertiary/aromatic N) is 2. The molecule has 1 heterocycles. The molecule has 1 amide bonds. The maximum absolute atomic E-state index is 13.6. The summed E-state index contributed by atoms with van der Waals surface area (Å²) in [5.41, 5.74) is 4.34. The van der Waals surface area contributed by atoms with Gasteiger partial charge >= 0.3 is 0 Å². The number of aryl methyl sites for hydroxylation is 2. The normalized spacial score (nSPS) is 15.6. The van der Waals surface area contributed by atoms with Crippen molar-refractivity contribution in [2.24, 2.45) is 0 Å². The van der Waals surface area contributed by atoms with Crippen molar-refractivity contribution in [1.82, 2.24) is 0 Å². The molecule has 0 bridgehead atoms. The van der Waals surface area contributed by atoms with Gasteiger partial charge in [-0.1, -0.05) is 42.5 Å². The minimum atomic E-state index is -3.92. The number of para-hydroxylation sites is 1. The molecule has 3 aromatic rings. The van der Waals surface area contributed by atoms with E-state index < -0.39 is 10.0 Å². The zero-order valence-electron chi connectivity index (χ0n) is 17.9. The van der Waals surface area contributed by atoms with E-state index in [1.54, 1.807) is 35.2 Å². The summed E-state index contributed by atoms with van der Waals surface area (Å²) in [6.07, 6.45) is 0.761. The largest absolute Gasteiger partial charge is 0.307 e. The van der Waals surface area contributed by atoms with Gasteiger partial charge in [-0.25, -0.2) is 8.42 Å². The molecule has 0 spiro atoms. The van der Waals surface area contributed by atoms with Crippen LogP contribution in [0.5, 0.6) is 0 Å². The van der Waals surface area contributed by atoms with Crippen molar-refractivity contribution in [3.8, 4) is 0 Å². The highest BCUT2D eigenvalue weighted by Gasteiger charge is 2.34. The highest BCUT2D eigenvalue weighted by Crippen LogP contribution is 2.33. The number of carbonyl (C=O) groups excluding carboxylic acids is 1. The number of hydrogen-bond donors (Lipinski definition) is 0. The van der Waals surface area contributed by atoms with Gasteiger partial charge in [0.25, 0.3) is 10.0 Å². The van der Waals surface area contributed by atoms with E-state index in [1.807, 2.05) is 63.2 Å². The van der Waals surface area contributed by atoms with Crippen LogP contribution in [0.3, 0.4) is 0 Å². The van der Waals surface area contributed by atoms with Crippen LogP contribution in [0.4, 0.5) is 11.4 Å². The van der Waals surface area contributed by atoms with E-state index in [0.717, 1.165) is 28.8 Å². The summed E-state index contributed by atoms with van der Waals surface area (Å²) < 4.78 is 28.4. The second-order valence-corrected chi connectivity index (χ2v) is 9.98. The lowest BCUT2D eigenvalue weighted by Crippen LogP contribution is -2.45. The number of hydrogen-bond acceptors (Lipinski definition) is 3.